The number of anilines is 1. The van der Waals surface area contributed by atoms with E-state index < -0.39 is 21.3 Å². The van der Waals surface area contributed by atoms with Gasteiger partial charge in [0.2, 0.25) is 5.91 Å². The minimum atomic E-state index is -3.11. The van der Waals surface area contributed by atoms with Crippen molar-refractivity contribution in [2.45, 2.75) is 19.0 Å². The van der Waals surface area contributed by atoms with Crippen LogP contribution in [0.3, 0.4) is 0 Å². The lowest BCUT2D eigenvalue weighted by Crippen LogP contribution is -2.28. The second-order valence-corrected chi connectivity index (χ2v) is 9.62. The summed E-state index contributed by atoms with van der Waals surface area (Å²) in [4.78, 5) is 29.5. The summed E-state index contributed by atoms with van der Waals surface area (Å²) in [5.41, 5.74) is 0.239. The van der Waals surface area contributed by atoms with Gasteiger partial charge in [0.15, 0.2) is 15.5 Å². The molecule has 0 bridgehead atoms. The molecule has 158 valence electrons. The lowest BCUT2D eigenvalue weighted by Gasteiger charge is -2.12. The fraction of sp³-hybridized carbons (Fsp3) is 0.333. The molecule has 1 N–H and O–H groups in total. The van der Waals surface area contributed by atoms with Crippen molar-refractivity contribution in [1.29, 1.82) is 0 Å². The summed E-state index contributed by atoms with van der Waals surface area (Å²) in [6, 6.07) is 4.44. The van der Waals surface area contributed by atoms with Gasteiger partial charge in [0.05, 0.1) is 36.5 Å². The predicted octanol–water partition coefficient (Wildman–Crippen LogP) is 1.25. The number of ether oxygens (including phenoxy) is 1. The van der Waals surface area contributed by atoms with Gasteiger partial charge in [-0.1, -0.05) is 11.6 Å². The normalized spacial score (nSPS) is 17.9. The predicted molar refractivity (Wildman–Crippen MR) is 111 cm³/mol. The number of carbonyl (C=O) groups is 1. The van der Waals surface area contributed by atoms with Crippen LogP contribution in [0, 0.1) is 0 Å². The number of rotatable bonds is 5. The average molecular weight is 452 g/mol. The topological polar surface area (TPSA) is 125 Å². The Morgan fingerprint density at radius 2 is 2.20 bits per heavy atom. The van der Waals surface area contributed by atoms with E-state index in [1.807, 2.05) is 0 Å². The van der Waals surface area contributed by atoms with E-state index in [4.69, 9.17) is 16.3 Å². The van der Waals surface area contributed by atoms with E-state index in [1.165, 1.54) is 24.3 Å². The van der Waals surface area contributed by atoms with E-state index in [2.05, 4.69) is 15.4 Å². The maximum Gasteiger partial charge on any atom is 0.264 e. The molecule has 0 radical (unpaired) electrons. The van der Waals surface area contributed by atoms with Gasteiger partial charge in [0, 0.05) is 5.02 Å². The second kappa shape index (κ2) is 7.73. The number of amides is 1. The van der Waals surface area contributed by atoms with Crippen molar-refractivity contribution in [2.24, 2.45) is 0 Å². The number of hydrogen-bond acceptors (Lipinski definition) is 7. The first-order chi connectivity index (χ1) is 14.3. The molecule has 1 atom stereocenters. The van der Waals surface area contributed by atoms with E-state index in [-0.39, 0.29) is 29.5 Å². The number of nitrogens with zero attached hydrogens (tertiary/aromatic N) is 4. The Labute approximate surface area is 176 Å². The summed E-state index contributed by atoms with van der Waals surface area (Å²) >= 11 is 5.96. The smallest absolute Gasteiger partial charge is 0.264 e. The van der Waals surface area contributed by atoms with Gasteiger partial charge >= 0.3 is 0 Å². The Morgan fingerprint density at radius 1 is 1.40 bits per heavy atom. The highest BCUT2D eigenvalue weighted by atomic mass is 35.5. The highest BCUT2D eigenvalue weighted by Crippen LogP contribution is 2.28. The molecule has 10 nitrogen and oxygen atoms in total. The molecule has 4 rings (SSSR count). The molecular weight excluding hydrogens is 434 g/mol. The lowest BCUT2D eigenvalue weighted by molar-refractivity contribution is -0.116. The van der Waals surface area contributed by atoms with Gasteiger partial charge in [0.25, 0.3) is 5.56 Å². The monoisotopic (exact) mass is 451 g/mol. The van der Waals surface area contributed by atoms with E-state index in [9.17, 15) is 18.0 Å². The quantitative estimate of drug-likeness (QED) is 0.618. The Hall–Kier alpha value is -2.92. The van der Waals surface area contributed by atoms with Crippen LogP contribution in [0.2, 0.25) is 5.02 Å². The van der Waals surface area contributed by atoms with Gasteiger partial charge in [-0.3, -0.25) is 14.2 Å². The van der Waals surface area contributed by atoms with E-state index in [1.54, 1.807) is 18.2 Å². The van der Waals surface area contributed by atoms with Crippen LogP contribution in [0.4, 0.5) is 5.69 Å². The van der Waals surface area contributed by atoms with E-state index in [0.29, 0.717) is 28.5 Å². The van der Waals surface area contributed by atoms with Gasteiger partial charge < -0.3 is 10.1 Å². The third kappa shape index (κ3) is 3.90. The molecular formula is C18H18ClN5O5S. The molecule has 1 amide bonds. The van der Waals surface area contributed by atoms with Gasteiger partial charge in [-0.05, 0) is 24.6 Å². The summed E-state index contributed by atoms with van der Waals surface area (Å²) < 4.78 is 31.3. The highest BCUT2D eigenvalue weighted by molar-refractivity contribution is 7.91. The molecule has 1 saturated heterocycles. The maximum absolute atomic E-state index is 12.8. The Morgan fingerprint density at radius 3 is 2.90 bits per heavy atom. The number of aromatic nitrogens is 4. The van der Waals surface area contributed by atoms with E-state index >= 15 is 0 Å². The SMILES string of the molecule is COc1ccc(Cl)cc1NC(=O)Cn1cnc2c(cnn2C2CCS(=O)(=O)C2)c1=O. The van der Waals surface area contributed by atoms with Gasteiger partial charge in [-0.25, -0.2) is 18.1 Å². The van der Waals surface area contributed by atoms with Crippen molar-refractivity contribution < 1.29 is 17.9 Å². The van der Waals surface area contributed by atoms with Crippen LogP contribution >= 0.6 is 11.6 Å². The van der Waals surface area contributed by atoms with Crippen LogP contribution in [-0.2, 0) is 21.2 Å². The number of carbonyl (C=O) groups excluding carboxylic acids is 1. The minimum absolute atomic E-state index is 0.0293. The van der Waals surface area contributed by atoms with Gasteiger partial charge in [0.1, 0.15) is 24.0 Å². The highest BCUT2D eigenvalue weighted by Gasteiger charge is 2.31. The van der Waals surface area contributed by atoms with Gasteiger partial charge in [-0.2, -0.15) is 5.10 Å². The Balaban J connectivity index is 1.57. The number of halogens is 1. The summed E-state index contributed by atoms with van der Waals surface area (Å²) in [5, 5.41) is 7.47. The number of nitrogens with one attached hydrogen (secondary N) is 1. The molecule has 3 aromatic rings. The van der Waals surface area contributed by atoms with E-state index in [0.717, 1.165) is 4.57 Å². The molecule has 1 fully saturated rings. The minimum Gasteiger partial charge on any atom is -0.495 e. The molecule has 1 unspecified atom stereocenters. The second-order valence-electron chi connectivity index (χ2n) is 6.95. The first-order valence-electron chi connectivity index (χ1n) is 9.04. The Bertz CT molecular complexity index is 1300. The van der Waals surface area contributed by atoms with Crippen molar-refractivity contribution in [2.75, 3.05) is 23.9 Å². The summed E-state index contributed by atoms with van der Waals surface area (Å²) in [6.45, 7) is -0.277. The van der Waals surface area contributed by atoms with Crippen molar-refractivity contribution in [3.63, 3.8) is 0 Å². The van der Waals surface area contributed by atoms with Crippen LogP contribution in [0.15, 0.2) is 35.5 Å². The fourth-order valence-electron chi connectivity index (χ4n) is 3.44. The van der Waals surface area contributed by atoms with Crippen LogP contribution in [0.25, 0.3) is 11.0 Å². The number of sulfone groups is 1. The average Bonchev–Trinajstić information content (AvgIpc) is 3.27. The number of fused-ring (bicyclic) bond motifs is 1. The summed E-state index contributed by atoms with van der Waals surface area (Å²) in [7, 11) is -1.64. The van der Waals surface area contributed by atoms with Gasteiger partial charge in [-0.15, -0.1) is 0 Å². The molecule has 1 aromatic carbocycles. The summed E-state index contributed by atoms with van der Waals surface area (Å²) in [6.07, 6.45) is 3.03. The molecule has 2 aromatic heterocycles. The molecule has 0 saturated carbocycles. The largest absolute Gasteiger partial charge is 0.495 e. The fourth-order valence-corrected chi connectivity index (χ4v) is 5.30. The molecule has 12 heteroatoms. The first-order valence-corrected chi connectivity index (χ1v) is 11.2. The molecule has 0 spiro atoms. The lowest BCUT2D eigenvalue weighted by atomic mass is 10.3. The number of hydrogen-bond donors (Lipinski definition) is 1. The standard InChI is InChI=1S/C18H18ClN5O5S/c1-29-15-3-2-11(19)6-14(15)22-16(25)8-23-10-20-17-13(18(23)26)7-21-24(17)12-4-5-30(27,28)9-12/h2-3,6-7,10,12H,4-5,8-9H2,1H3,(H,22,25). The Kier molecular flexibility index (Phi) is 5.24. The van der Waals surface area contributed by atoms with Crippen LogP contribution < -0.4 is 15.6 Å². The van der Waals surface area contributed by atoms with Crippen molar-refractivity contribution >= 4 is 44.1 Å². The zero-order valence-corrected chi connectivity index (χ0v) is 17.5. The number of methoxy groups -OCH3 is 1. The van der Waals surface area contributed by atoms with Crippen LogP contribution in [0.1, 0.15) is 12.5 Å². The molecule has 1 aliphatic heterocycles. The van der Waals surface area contributed by atoms with Crippen molar-refractivity contribution in [3.8, 4) is 5.75 Å². The summed E-state index contributed by atoms with van der Waals surface area (Å²) in [5.74, 6) is 0.0244. The van der Waals surface area contributed by atoms with Crippen molar-refractivity contribution in [3.05, 3.63) is 46.1 Å². The molecule has 0 aliphatic carbocycles. The third-order valence-corrected chi connectivity index (χ3v) is 6.87. The molecule has 3 heterocycles. The molecule has 30 heavy (non-hydrogen) atoms. The third-order valence-electron chi connectivity index (χ3n) is 4.88. The van der Waals surface area contributed by atoms with Crippen LogP contribution in [-0.4, -0.2) is 52.3 Å². The number of benzene rings is 1. The van der Waals surface area contributed by atoms with Crippen molar-refractivity contribution in [1.82, 2.24) is 19.3 Å². The van der Waals surface area contributed by atoms with Crippen LogP contribution in [0.5, 0.6) is 5.75 Å². The first kappa shape index (κ1) is 20.4. The maximum atomic E-state index is 12.8. The molecule has 1 aliphatic rings. The zero-order valence-electron chi connectivity index (χ0n) is 15.9. The zero-order chi connectivity index (χ0) is 21.5.